The van der Waals surface area contributed by atoms with Crippen molar-refractivity contribution in [3.63, 3.8) is 0 Å². The standard InChI is InChI=1S/C24H35NO2/c1-4-22(27-21-6-5-16(2)17(3)9-21)23(26)25-8-7-24-13-18-10-19(14-24)12-20(11-18)15-24/h5-6,9,18-20,22H,4,7-8,10-15H2,1-3H3,(H,25,26). The molecule has 4 fully saturated rings. The lowest BCUT2D eigenvalue weighted by Gasteiger charge is -2.57. The fourth-order valence-corrected chi connectivity index (χ4v) is 6.43. The van der Waals surface area contributed by atoms with Gasteiger partial charge in [-0.3, -0.25) is 4.79 Å². The van der Waals surface area contributed by atoms with Gasteiger partial charge in [0.1, 0.15) is 5.75 Å². The van der Waals surface area contributed by atoms with Crippen LogP contribution in [0.1, 0.15) is 69.4 Å². The number of hydrogen-bond donors (Lipinski definition) is 1. The lowest BCUT2D eigenvalue weighted by Crippen LogP contribution is -2.48. The Morgan fingerprint density at radius 1 is 1.11 bits per heavy atom. The minimum absolute atomic E-state index is 0.0421. The van der Waals surface area contributed by atoms with Gasteiger partial charge in [-0.1, -0.05) is 13.0 Å². The van der Waals surface area contributed by atoms with Crippen molar-refractivity contribution in [2.24, 2.45) is 23.2 Å². The molecular formula is C24H35NO2. The first-order valence-electron chi connectivity index (χ1n) is 11.0. The molecule has 1 N–H and O–H groups in total. The van der Waals surface area contributed by atoms with Gasteiger partial charge in [0.25, 0.3) is 5.91 Å². The molecule has 148 valence electrons. The molecule has 5 rings (SSSR count). The summed E-state index contributed by atoms with van der Waals surface area (Å²) in [4.78, 5) is 12.7. The molecule has 0 aliphatic heterocycles. The first kappa shape index (κ1) is 18.8. The van der Waals surface area contributed by atoms with Gasteiger partial charge in [0.05, 0.1) is 0 Å². The van der Waals surface area contributed by atoms with E-state index in [1.165, 1.54) is 49.7 Å². The van der Waals surface area contributed by atoms with Crippen molar-refractivity contribution < 1.29 is 9.53 Å². The third-order valence-corrected chi connectivity index (χ3v) is 7.54. The van der Waals surface area contributed by atoms with E-state index in [0.717, 1.165) is 36.5 Å². The Morgan fingerprint density at radius 3 is 2.30 bits per heavy atom. The summed E-state index contributed by atoms with van der Waals surface area (Å²) >= 11 is 0. The minimum Gasteiger partial charge on any atom is -0.481 e. The monoisotopic (exact) mass is 369 g/mol. The predicted octanol–water partition coefficient (Wildman–Crippen LogP) is 5.18. The normalized spacial score (nSPS) is 32.3. The number of rotatable bonds is 7. The molecule has 0 aromatic heterocycles. The highest BCUT2D eigenvalue weighted by molar-refractivity contribution is 5.81. The highest BCUT2D eigenvalue weighted by Crippen LogP contribution is 2.61. The summed E-state index contributed by atoms with van der Waals surface area (Å²) in [5, 5.41) is 3.19. The van der Waals surface area contributed by atoms with Crippen LogP contribution in [0.2, 0.25) is 0 Å². The maximum Gasteiger partial charge on any atom is 0.261 e. The molecule has 0 heterocycles. The van der Waals surface area contributed by atoms with Gasteiger partial charge in [0, 0.05) is 6.54 Å². The zero-order chi connectivity index (χ0) is 19.0. The summed E-state index contributed by atoms with van der Waals surface area (Å²) in [5.41, 5.74) is 2.97. The molecule has 3 nitrogen and oxygen atoms in total. The Hall–Kier alpha value is -1.51. The fourth-order valence-electron chi connectivity index (χ4n) is 6.43. The summed E-state index contributed by atoms with van der Waals surface area (Å²) in [5.74, 6) is 3.76. The van der Waals surface area contributed by atoms with Gasteiger partial charge in [0.15, 0.2) is 6.10 Å². The molecule has 4 bridgehead atoms. The molecule has 4 saturated carbocycles. The van der Waals surface area contributed by atoms with E-state index in [9.17, 15) is 4.79 Å². The van der Waals surface area contributed by atoms with Crippen LogP contribution < -0.4 is 10.1 Å². The topological polar surface area (TPSA) is 38.3 Å². The molecule has 3 heteroatoms. The van der Waals surface area contributed by atoms with Crippen LogP contribution in [0.15, 0.2) is 18.2 Å². The summed E-state index contributed by atoms with van der Waals surface area (Å²) in [6, 6.07) is 6.05. The summed E-state index contributed by atoms with van der Waals surface area (Å²) in [6.45, 7) is 6.99. The maximum atomic E-state index is 12.7. The van der Waals surface area contributed by atoms with Gasteiger partial charge in [-0.15, -0.1) is 0 Å². The average Bonchev–Trinajstić information content (AvgIpc) is 2.61. The number of carbonyl (C=O) groups excluding carboxylic acids is 1. The van der Waals surface area contributed by atoms with Crippen LogP contribution in [0.4, 0.5) is 0 Å². The van der Waals surface area contributed by atoms with E-state index in [-0.39, 0.29) is 5.91 Å². The van der Waals surface area contributed by atoms with Crippen molar-refractivity contribution in [3.8, 4) is 5.75 Å². The third kappa shape index (κ3) is 4.02. The zero-order valence-electron chi connectivity index (χ0n) is 17.2. The highest BCUT2D eigenvalue weighted by Gasteiger charge is 2.50. The first-order valence-corrected chi connectivity index (χ1v) is 11.0. The van der Waals surface area contributed by atoms with Crippen LogP contribution in [-0.4, -0.2) is 18.6 Å². The van der Waals surface area contributed by atoms with Gasteiger partial charge in [-0.2, -0.15) is 0 Å². The van der Waals surface area contributed by atoms with E-state index in [0.29, 0.717) is 11.8 Å². The van der Waals surface area contributed by atoms with E-state index >= 15 is 0 Å². The molecule has 0 spiro atoms. The maximum absolute atomic E-state index is 12.7. The summed E-state index contributed by atoms with van der Waals surface area (Å²) in [7, 11) is 0. The van der Waals surface area contributed by atoms with Crippen molar-refractivity contribution in [3.05, 3.63) is 29.3 Å². The minimum atomic E-state index is -0.400. The lowest BCUT2D eigenvalue weighted by atomic mass is 9.49. The van der Waals surface area contributed by atoms with Crippen LogP contribution in [0, 0.1) is 37.0 Å². The molecule has 1 amide bonds. The zero-order valence-corrected chi connectivity index (χ0v) is 17.2. The van der Waals surface area contributed by atoms with Crippen LogP contribution in [0.25, 0.3) is 0 Å². The summed E-state index contributed by atoms with van der Waals surface area (Å²) in [6.07, 6.45) is 10.1. The second-order valence-electron chi connectivity index (χ2n) is 9.72. The number of nitrogens with one attached hydrogen (secondary N) is 1. The number of aryl methyl sites for hydroxylation is 2. The average molecular weight is 370 g/mol. The Bertz CT molecular complexity index is 660. The Labute approximate surface area is 164 Å². The van der Waals surface area contributed by atoms with Crippen LogP contribution in [0.3, 0.4) is 0 Å². The quantitative estimate of drug-likeness (QED) is 0.719. The molecule has 1 aromatic rings. The van der Waals surface area contributed by atoms with E-state index in [1.807, 2.05) is 19.1 Å². The second-order valence-corrected chi connectivity index (χ2v) is 9.72. The van der Waals surface area contributed by atoms with E-state index < -0.39 is 6.10 Å². The van der Waals surface area contributed by atoms with Gasteiger partial charge < -0.3 is 10.1 Å². The molecular weight excluding hydrogens is 334 g/mol. The SMILES string of the molecule is CCC(Oc1ccc(C)c(C)c1)C(=O)NCCC12CC3CC(CC(C3)C1)C2. The molecule has 4 aliphatic carbocycles. The van der Waals surface area contributed by atoms with Crippen molar-refractivity contribution in [1.29, 1.82) is 0 Å². The van der Waals surface area contributed by atoms with Crippen LogP contribution in [-0.2, 0) is 4.79 Å². The third-order valence-electron chi connectivity index (χ3n) is 7.54. The molecule has 0 saturated heterocycles. The smallest absolute Gasteiger partial charge is 0.261 e. The molecule has 27 heavy (non-hydrogen) atoms. The first-order chi connectivity index (χ1) is 13.0. The Morgan fingerprint density at radius 2 is 1.74 bits per heavy atom. The van der Waals surface area contributed by atoms with Crippen molar-refractivity contribution in [2.75, 3.05) is 6.54 Å². The van der Waals surface area contributed by atoms with E-state index in [2.05, 4.69) is 25.2 Å². The molecule has 1 unspecified atom stereocenters. The van der Waals surface area contributed by atoms with Gasteiger partial charge >= 0.3 is 0 Å². The van der Waals surface area contributed by atoms with Crippen molar-refractivity contribution in [2.45, 2.75) is 78.2 Å². The van der Waals surface area contributed by atoms with Gasteiger partial charge in [-0.05, 0) is 112 Å². The van der Waals surface area contributed by atoms with Gasteiger partial charge in [0.2, 0.25) is 0 Å². The fraction of sp³-hybridized carbons (Fsp3) is 0.708. The highest BCUT2D eigenvalue weighted by atomic mass is 16.5. The number of benzene rings is 1. The Kier molecular flexibility index (Phi) is 5.22. The molecule has 4 aliphatic rings. The number of amides is 1. The molecule has 0 radical (unpaired) electrons. The second kappa shape index (κ2) is 7.48. The predicted molar refractivity (Wildman–Crippen MR) is 109 cm³/mol. The Balaban J connectivity index is 1.29. The van der Waals surface area contributed by atoms with Gasteiger partial charge in [-0.25, -0.2) is 0 Å². The molecule has 1 aromatic carbocycles. The number of hydrogen-bond acceptors (Lipinski definition) is 2. The largest absolute Gasteiger partial charge is 0.481 e. The lowest BCUT2D eigenvalue weighted by molar-refractivity contribution is -0.128. The molecule has 1 atom stereocenters. The summed E-state index contributed by atoms with van der Waals surface area (Å²) < 4.78 is 6.00. The van der Waals surface area contributed by atoms with E-state index in [1.54, 1.807) is 0 Å². The number of ether oxygens (including phenoxy) is 1. The van der Waals surface area contributed by atoms with Crippen molar-refractivity contribution in [1.82, 2.24) is 5.32 Å². The van der Waals surface area contributed by atoms with Crippen LogP contribution in [0.5, 0.6) is 5.75 Å². The van der Waals surface area contributed by atoms with E-state index in [4.69, 9.17) is 4.74 Å². The van der Waals surface area contributed by atoms with Crippen LogP contribution >= 0.6 is 0 Å². The van der Waals surface area contributed by atoms with Crippen molar-refractivity contribution >= 4 is 5.91 Å². The number of carbonyl (C=O) groups is 1.